The Morgan fingerprint density at radius 2 is 1.83 bits per heavy atom. The average molecular weight is 253 g/mol. The van der Waals surface area contributed by atoms with Crippen LogP contribution in [0.5, 0.6) is 0 Å². The molecule has 2 rings (SSSR count). The molecule has 0 unspecified atom stereocenters. The van der Waals surface area contributed by atoms with E-state index >= 15 is 0 Å². The molecule has 0 aromatic heterocycles. The maximum atomic E-state index is 11.7. The molecule has 2 saturated carbocycles. The van der Waals surface area contributed by atoms with E-state index in [9.17, 15) is 9.90 Å². The van der Waals surface area contributed by atoms with Gasteiger partial charge in [0.05, 0.1) is 12.0 Å². The van der Waals surface area contributed by atoms with Crippen molar-refractivity contribution in [3.05, 3.63) is 0 Å². The normalized spacial score (nSPS) is 23.4. The Labute approximate surface area is 110 Å². The number of hydrogen-bond donors (Lipinski definition) is 2. The summed E-state index contributed by atoms with van der Waals surface area (Å²) in [6.07, 6.45) is 11.9. The lowest BCUT2D eigenvalue weighted by Gasteiger charge is -2.21. The average Bonchev–Trinajstić information content (AvgIpc) is 2.96. The topological polar surface area (TPSA) is 49.3 Å². The zero-order valence-corrected chi connectivity index (χ0v) is 11.4. The molecular formula is C15H27NO2. The molecule has 2 N–H and O–H groups in total. The molecule has 0 saturated heterocycles. The number of rotatable bonds is 6. The van der Waals surface area contributed by atoms with Gasteiger partial charge < -0.3 is 10.4 Å². The SMILES string of the molecule is O=C(CC1(O)CCCC1)NCCCC1CCCC1. The first kappa shape index (κ1) is 13.9. The molecule has 0 atom stereocenters. The summed E-state index contributed by atoms with van der Waals surface area (Å²) in [6, 6.07) is 0. The molecule has 2 fully saturated rings. The molecule has 3 heteroatoms. The van der Waals surface area contributed by atoms with Crippen LogP contribution in [0, 0.1) is 5.92 Å². The second-order valence-electron chi connectivity index (χ2n) is 6.25. The lowest BCUT2D eigenvalue weighted by Crippen LogP contribution is -2.35. The number of hydrogen-bond acceptors (Lipinski definition) is 2. The molecule has 2 aliphatic carbocycles. The first-order chi connectivity index (χ1) is 8.68. The molecule has 18 heavy (non-hydrogen) atoms. The predicted molar refractivity (Wildman–Crippen MR) is 72.2 cm³/mol. The fourth-order valence-electron chi connectivity index (χ4n) is 3.49. The fourth-order valence-corrected chi connectivity index (χ4v) is 3.49. The summed E-state index contributed by atoms with van der Waals surface area (Å²) in [6.45, 7) is 0.783. The van der Waals surface area contributed by atoms with Gasteiger partial charge in [0.15, 0.2) is 0 Å². The Bertz CT molecular complexity index is 266. The Morgan fingerprint density at radius 1 is 1.17 bits per heavy atom. The molecule has 0 heterocycles. The van der Waals surface area contributed by atoms with Crippen LogP contribution in [0.15, 0.2) is 0 Å². The summed E-state index contributed by atoms with van der Waals surface area (Å²) in [5.41, 5.74) is -0.699. The summed E-state index contributed by atoms with van der Waals surface area (Å²) >= 11 is 0. The molecule has 0 bridgehead atoms. The lowest BCUT2D eigenvalue weighted by molar-refractivity contribution is -0.125. The standard InChI is InChI=1S/C15H27NO2/c17-14(12-15(18)9-3-4-10-15)16-11-5-8-13-6-1-2-7-13/h13,18H,1-12H2,(H,16,17). The van der Waals surface area contributed by atoms with E-state index in [0.29, 0.717) is 6.42 Å². The Morgan fingerprint density at radius 3 is 2.50 bits per heavy atom. The molecule has 0 aromatic rings. The quantitative estimate of drug-likeness (QED) is 0.715. The molecule has 2 aliphatic rings. The molecule has 104 valence electrons. The predicted octanol–water partition coefficient (Wildman–Crippen LogP) is 2.77. The van der Waals surface area contributed by atoms with Crippen LogP contribution in [0.3, 0.4) is 0 Å². The van der Waals surface area contributed by atoms with Crippen LogP contribution in [-0.4, -0.2) is 23.2 Å². The van der Waals surface area contributed by atoms with E-state index in [4.69, 9.17) is 0 Å². The largest absolute Gasteiger partial charge is 0.389 e. The van der Waals surface area contributed by atoms with E-state index in [0.717, 1.165) is 44.6 Å². The van der Waals surface area contributed by atoms with Crippen molar-refractivity contribution in [2.45, 2.75) is 76.2 Å². The van der Waals surface area contributed by atoms with Crippen LogP contribution in [0.1, 0.15) is 70.6 Å². The molecule has 0 radical (unpaired) electrons. The van der Waals surface area contributed by atoms with Crippen LogP contribution >= 0.6 is 0 Å². The maximum absolute atomic E-state index is 11.7. The Hall–Kier alpha value is -0.570. The zero-order valence-electron chi connectivity index (χ0n) is 11.4. The van der Waals surface area contributed by atoms with Gasteiger partial charge >= 0.3 is 0 Å². The highest BCUT2D eigenvalue weighted by Gasteiger charge is 2.33. The second kappa shape index (κ2) is 6.55. The minimum atomic E-state index is -0.699. The Balaban J connectivity index is 1.54. The summed E-state index contributed by atoms with van der Waals surface area (Å²) in [5.74, 6) is 0.937. The first-order valence-corrected chi connectivity index (χ1v) is 7.67. The minimum absolute atomic E-state index is 0.0332. The van der Waals surface area contributed by atoms with Crippen molar-refractivity contribution < 1.29 is 9.90 Å². The van der Waals surface area contributed by atoms with E-state index in [1.54, 1.807) is 0 Å². The molecule has 1 amide bonds. The van der Waals surface area contributed by atoms with Gasteiger partial charge in [0.2, 0.25) is 5.91 Å². The number of carbonyl (C=O) groups is 1. The summed E-state index contributed by atoms with van der Waals surface area (Å²) in [5, 5.41) is 13.1. The molecule has 0 aromatic carbocycles. The molecule has 0 aliphatic heterocycles. The van der Waals surface area contributed by atoms with Gasteiger partial charge in [-0.3, -0.25) is 4.79 Å². The van der Waals surface area contributed by atoms with Gasteiger partial charge in [0.1, 0.15) is 0 Å². The number of amides is 1. The first-order valence-electron chi connectivity index (χ1n) is 7.67. The van der Waals surface area contributed by atoms with E-state index in [-0.39, 0.29) is 5.91 Å². The third-order valence-corrected chi connectivity index (χ3v) is 4.61. The van der Waals surface area contributed by atoms with Crippen molar-refractivity contribution in [1.29, 1.82) is 0 Å². The van der Waals surface area contributed by atoms with Crippen molar-refractivity contribution in [3.63, 3.8) is 0 Å². The monoisotopic (exact) mass is 253 g/mol. The fraction of sp³-hybridized carbons (Fsp3) is 0.933. The lowest BCUT2D eigenvalue weighted by atomic mass is 9.97. The Kier molecular flexibility index (Phi) is 5.04. The van der Waals surface area contributed by atoms with Crippen molar-refractivity contribution in [1.82, 2.24) is 5.32 Å². The van der Waals surface area contributed by atoms with Gasteiger partial charge in [-0.2, -0.15) is 0 Å². The zero-order chi connectivity index (χ0) is 12.8. The highest BCUT2D eigenvalue weighted by atomic mass is 16.3. The maximum Gasteiger partial charge on any atom is 0.222 e. The number of nitrogens with one attached hydrogen (secondary N) is 1. The number of carbonyl (C=O) groups excluding carboxylic acids is 1. The third kappa shape index (κ3) is 4.27. The minimum Gasteiger partial charge on any atom is -0.389 e. The van der Waals surface area contributed by atoms with E-state index < -0.39 is 5.60 Å². The van der Waals surface area contributed by atoms with E-state index in [1.165, 1.54) is 32.1 Å². The summed E-state index contributed by atoms with van der Waals surface area (Å²) in [4.78, 5) is 11.7. The van der Waals surface area contributed by atoms with Gasteiger partial charge in [-0.25, -0.2) is 0 Å². The van der Waals surface area contributed by atoms with Crippen molar-refractivity contribution in [2.24, 2.45) is 5.92 Å². The molecule has 0 spiro atoms. The van der Waals surface area contributed by atoms with Crippen LogP contribution in [0.4, 0.5) is 0 Å². The third-order valence-electron chi connectivity index (χ3n) is 4.61. The number of aliphatic hydroxyl groups is 1. The van der Waals surface area contributed by atoms with Gasteiger partial charge in [0, 0.05) is 6.54 Å². The van der Waals surface area contributed by atoms with Crippen LogP contribution in [0.25, 0.3) is 0 Å². The van der Waals surface area contributed by atoms with Gasteiger partial charge in [0.25, 0.3) is 0 Å². The summed E-state index contributed by atoms with van der Waals surface area (Å²) in [7, 11) is 0. The highest BCUT2D eigenvalue weighted by molar-refractivity contribution is 5.77. The van der Waals surface area contributed by atoms with Gasteiger partial charge in [-0.1, -0.05) is 38.5 Å². The van der Waals surface area contributed by atoms with E-state index in [1.807, 2.05) is 0 Å². The van der Waals surface area contributed by atoms with Crippen LogP contribution in [0.2, 0.25) is 0 Å². The van der Waals surface area contributed by atoms with Gasteiger partial charge in [-0.05, 0) is 31.6 Å². The molecule has 3 nitrogen and oxygen atoms in total. The van der Waals surface area contributed by atoms with Gasteiger partial charge in [-0.15, -0.1) is 0 Å². The highest BCUT2D eigenvalue weighted by Crippen LogP contribution is 2.32. The molecular weight excluding hydrogens is 226 g/mol. The van der Waals surface area contributed by atoms with E-state index in [2.05, 4.69) is 5.32 Å². The van der Waals surface area contributed by atoms with Crippen molar-refractivity contribution >= 4 is 5.91 Å². The smallest absolute Gasteiger partial charge is 0.222 e. The second-order valence-corrected chi connectivity index (χ2v) is 6.25. The van der Waals surface area contributed by atoms with Crippen molar-refractivity contribution in [3.8, 4) is 0 Å². The van der Waals surface area contributed by atoms with Crippen LogP contribution in [-0.2, 0) is 4.79 Å². The van der Waals surface area contributed by atoms with Crippen LogP contribution < -0.4 is 5.32 Å². The summed E-state index contributed by atoms with van der Waals surface area (Å²) < 4.78 is 0. The van der Waals surface area contributed by atoms with Crippen molar-refractivity contribution in [2.75, 3.05) is 6.54 Å².